The highest BCUT2D eigenvalue weighted by Gasteiger charge is 2.29. The molecular formula is C16H18ClN3O4. The van der Waals surface area contributed by atoms with Gasteiger partial charge in [-0.1, -0.05) is 11.6 Å². The third kappa shape index (κ3) is 3.46. The van der Waals surface area contributed by atoms with E-state index in [1.165, 1.54) is 18.7 Å². The molecule has 2 aromatic heterocycles. The number of furan rings is 1. The quantitative estimate of drug-likeness (QED) is 0.789. The van der Waals surface area contributed by atoms with Crippen molar-refractivity contribution in [2.75, 3.05) is 13.1 Å². The normalized spacial score (nSPS) is 15.5. The Morgan fingerprint density at radius 1 is 1.42 bits per heavy atom. The van der Waals surface area contributed by atoms with Crippen molar-refractivity contribution in [2.24, 2.45) is 13.0 Å². The second-order valence-corrected chi connectivity index (χ2v) is 6.13. The zero-order chi connectivity index (χ0) is 17.1. The first-order chi connectivity index (χ1) is 11.6. The van der Waals surface area contributed by atoms with Crippen molar-refractivity contribution >= 4 is 23.5 Å². The van der Waals surface area contributed by atoms with Crippen LogP contribution in [0.1, 0.15) is 29.0 Å². The molecule has 0 N–H and O–H groups in total. The van der Waals surface area contributed by atoms with Crippen molar-refractivity contribution in [2.45, 2.75) is 19.4 Å². The molecule has 3 rings (SSSR count). The predicted octanol–water partition coefficient (Wildman–Crippen LogP) is 2.26. The largest absolute Gasteiger partial charge is 0.472 e. The Bertz CT molecular complexity index is 718. The molecule has 1 amide bonds. The number of halogens is 1. The van der Waals surface area contributed by atoms with Gasteiger partial charge in [0.2, 0.25) is 0 Å². The topological polar surface area (TPSA) is 77.6 Å². The number of amides is 1. The number of imidazole rings is 1. The Morgan fingerprint density at radius 3 is 2.75 bits per heavy atom. The number of carbonyl (C=O) groups is 2. The first-order valence-electron chi connectivity index (χ1n) is 7.70. The van der Waals surface area contributed by atoms with Crippen LogP contribution in [0.15, 0.2) is 29.2 Å². The summed E-state index contributed by atoms with van der Waals surface area (Å²) >= 11 is 5.90. The van der Waals surface area contributed by atoms with Gasteiger partial charge in [-0.15, -0.1) is 0 Å². The van der Waals surface area contributed by atoms with Crippen molar-refractivity contribution in [3.05, 3.63) is 41.3 Å². The van der Waals surface area contributed by atoms with E-state index < -0.39 is 0 Å². The Hall–Kier alpha value is -2.28. The predicted molar refractivity (Wildman–Crippen MR) is 85.3 cm³/mol. The lowest BCUT2D eigenvalue weighted by Crippen LogP contribution is -2.40. The molecule has 7 nitrogen and oxygen atoms in total. The molecule has 0 bridgehead atoms. The Kier molecular flexibility index (Phi) is 4.89. The average molecular weight is 352 g/mol. The number of likely N-dealkylation sites (tertiary alicyclic amines) is 1. The Balaban J connectivity index is 1.48. The summed E-state index contributed by atoms with van der Waals surface area (Å²) in [6.45, 7) is 1.15. The van der Waals surface area contributed by atoms with E-state index in [0.29, 0.717) is 42.5 Å². The molecule has 8 heteroatoms. The van der Waals surface area contributed by atoms with Crippen LogP contribution in [0.5, 0.6) is 0 Å². The van der Waals surface area contributed by atoms with Crippen molar-refractivity contribution in [1.82, 2.24) is 14.5 Å². The van der Waals surface area contributed by atoms with E-state index >= 15 is 0 Å². The van der Waals surface area contributed by atoms with Crippen LogP contribution in [-0.4, -0.2) is 39.4 Å². The Morgan fingerprint density at radius 2 is 2.17 bits per heavy atom. The van der Waals surface area contributed by atoms with Crippen molar-refractivity contribution in [1.29, 1.82) is 0 Å². The van der Waals surface area contributed by atoms with Crippen molar-refractivity contribution in [3.63, 3.8) is 0 Å². The third-order valence-electron chi connectivity index (χ3n) is 4.25. The molecule has 128 valence electrons. The van der Waals surface area contributed by atoms with Crippen LogP contribution in [-0.2, 0) is 23.2 Å². The minimum atomic E-state index is -0.260. The fraction of sp³-hybridized carbons (Fsp3) is 0.438. The smallest absolute Gasteiger partial charge is 0.309 e. The monoisotopic (exact) mass is 351 g/mol. The lowest BCUT2D eigenvalue weighted by atomic mass is 9.96. The molecule has 0 radical (unpaired) electrons. The summed E-state index contributed by atoms with van der Waals surface area (Å²) in [4.78, 5) is 30.2. The molecule has 24 heavy (non-hydrogen) atoms. The number of esters is 1. The number of hydrogen-bond acceptors (Lipinski definition) is 5. The van der Waals surface area contributed by atoms with E-state index in [1.807, 2.05) is 0 Å². The number of aromatic nitrogens is 2. The second-order valence-electron chi connectivity index (χ2n) is 5.74. The number of hydrogen-bond donors (Lipinski definition) is 0. The van der Waals surface area contributed by atoms with Crippen LogP contribution in [0.2, 0.25) is 5.15 Å². The van der Waals surface area contributed by atoms with Gasteiger partial charge in [0, 0.05) is 20.1 Å². The van der Waals surface area contributed by atoms with E-state index in [0.717, 1.165) is 0 Å². The van der Waals surface area contributed by atoms with Crippen molar-refractivity contribution < 1.29 is 18.7 Å². The van der Waals surface area contributed by atoms with E-state index in [-0.39, 0.29) is 24.4 Å². The summed E-state index contributed by atoms with van der Waals surface area (Å²) in [5.41, 5.74) is 0.530. The number of ether oxygens (including phenoxy) is 1. The second kappa shape index (κ2) is 7.09. The van der Waals surface area contributed by atoms with Crippen LogP contribution >= 0.6 is 11.6 Å². The maximum Gasteiger partial charge on any atom is 0.309 e. The highest BCUT2D eigenvalue weighted by molar-refractivity contribution is 6.29. The van der Waals surface area contributed by atoms with Gasteiger partial charge in [0.15, 0.2) is 0 Å². The SMILES string of the molecule is Cn1c(Cl)cnc1COC(=O)C1CCN(C(=O)c2ccoc2)CC1. The molecule has 1 aliphatic heterocycles. The summed E-state index contributed by atoms with van der Waals surface area (Å²) in [7, 11) is 1.76. The minimum Gasteiger partial charge on any atom is -0.472 e. The van der Waals surface area contributed by atoms with Gasteiger partial charge >= 0.3 is 5.97 Å². The Labute approximate surface area is 144 Å². The van der Waals surface area contributed by atoms with Crippen LogP contribution in [0.4, 0.5) is 0 Å². The molecular weight excluding hydrogens is 334 g/mol. The molecule has 0 saturated carbocycles. The van der Waals surface area contributed by atoms with Gasteiger partial charge in [-0.25, -0.2) is 4.98 Å². The van der Waals surface area contributed by atoms with E-state index in [9.17, 15) is 9.59 Å². The third-order valence-corrected chi connectivity index (χ3v) is 4.61. The molecule has 0 unspecified atom stereocenters. The standard InChI is InChI=1S/C16H18ClN3O4/c1-19-13(17)8-18-14(19)10-24-16(22)11-2-5-20(6-3-11)15(21)12-4-7-23-9-12/h4,7-9,11H,2-3,5-6,10H2,1H3. The number of nitrogens with zero attached hydrogens (tertiary/aromatic N) is 3. The van der Waals surface area contributed by atoms with Gasteiger partial charge in [-0.2, -0.15) is 0 Å². The summed E-state index contributed by atoms with van der Waals surface area (Å²) < 4.78 is 11.9. The summed E-state index contributed by atoms with van der Waals surface area (Å²) in [6.07, 6.45) is 5.60. The number of rotatable bonds is 4. The molecule has 1 fully saturated rings. The summed E-state index contributed by atoms with van der Waals surface area (Å²) in [5, 5.41) is 0.493. The molecule has 0 aliphatic carbocycles. The van der Waals surface area contributed by atoms with Gasteiger partial charge in [0.25, 0.3) is 5.91 Å². The van der Waals surface area contributed by atoms with Gasteiger partial charge in [0.1, 0.15) is 23.8 Å². The zero-order valence-electron chi connectivity index (χ0n) is 13.3. The number of carbonyl (C=O) groups excluding carboxylic acids is 2. The van der Waals surface area contributed by atoms with Crippen LogP contribution < -0.4 is 0 Å². The molecule has 1 saturated heterocycles. The lowest BCUT2D eigenvalue weighted by molar-refractivity contribution is -0.151. The van der Waals surface area contributed by atoms with Gasteiger partial charge in [-0.3, -0.25) is 9.59 Å². The molecule has 0 aromatic carbocycles. The highest BCUT2D eigenvalue weighted by atomic mass is 35.5. The van der Waals surface area contributed by atoms with Gasteiger partial charge in [-0.05, 0) is 18.9 Å². The maximum absolute atomic E-state index is 12.2. The zero-order valence-corrected chi connectivity index (χ0v) is 14.0. The minimum absolute atomic E-state index is 0.0711. The van der Waals surface area contributed by atoms with E-state index in [4.69, 9.17) is 20.8 Å². The first-order valence-corrected chi connectivity index (χ1v) is 8.08. The van der Waals surface area contributed by atoms with E-state index in [2.05, 4.69) is 4.98 Å². The first kappa shape index (κ1) is 16.6. The molecule has 3 heterocycles. The molecule has 0 spiro atoms. The number of piperidine rings is 1. The fourth-order valence-electron chi connectivity index (χ4n) is 2.70. The van der Waals surface area contributed by atoms with Gasteiger partial charge < -0.3 is 18.6 Å². The average Bonchev–Trinajstić information content (AvgIpc) is 3.24. The van der Waals surface area contributed by atoms with Crippen LogP contribution in [0.25, 0.3) is 0 Å². The van der Waals surface area contributed by atoms with Crippen LogP contribution in [0.3, 0.4) is 0 Å². The van der Waals surface area contributed by atoms with E-state index in [1.54, 1.807) is 22.6 Å². The van der Waals surface area contributed by atoms with Gasteiger partial charge in [0.05, 0.1) is 23.9 Å². The molecule has 2 aromatic rings. The highest BCUT2D eigenvalue weighted by Crippen LogP contribution is 2.21. The molecule has 0 atom stereocenters. The van der Waals surface area contributed by atoms with Crippen LogP contribution in [0, 0.1) is 5.92 Å². The summed E-state index contributed by atoms with van der Waals surface area (Å²) in [5.74, 6) is 0.0674. The lowest BCUT2D eigenvalue weighted by Gasteiger charge is -2.30. The maximum atomic E-state index is 12.2. The summed E-state index contributed by atoms with van der Waals surface area (Å²) in [6, 6.07) is 1.64. The van der Waals surface area contributed by atoms with Crippen molar-refractivity contribution in [3.8, 4) is 0 Å². The fourth-order valence-corrected chi connectivity index (χ4v) is 2.85. The molecule has 1 aliphatic rings.